The van der Waals surface area contributed by atoms with Crippen LogP contribution in [0.1, 0.15) is 31.9 Å². The zero-order chi connectivity index (χ0) is 22.5. The number of esters is 1. The number of nitrogens with zero attached hydrogens (tertiary/aromatic N) is 2. The van der Waals surface area contributed by atoms with Crippen LogP contribution in [-0.4, -0.2) is 67.4 Å². The zero-order valence-electron chi connectivity index (χ0n) is 18.5. The van der Waals surface area contributed by atoms with Crippen LogP contribution >= 0.6 is 11.3 Å². The molecule has 0 atom stereocenters. The van der Waals surface area contributed by atoms with Gasteiger partial charge >= 0.3 is 5.97 Å². The average Bonchev–Trinajstić information content (AvgIpc) is 3.02. The second-order valence-corrected chi connectivity index (χ2v) is 9.07. The molecule has 0 aliphatic carbocycles. The van der Waals surface area contributed by atoms with E-state index in [9.17, 15) is 14.4 Å². The number of nitrogens with one attached hydrogen (secondary N) is 1. The number of thiophene rings is 1. The van der Waals surface area contributed by atoms with Crippen molar-refractivity contribution in [2.24, 2.45) is 0 Å². The van der Waals surface area contributed by atoms with E-state index >= 15 is 0 Å². The fourth-order valence-corrected chi connectivity index (χ4v) is 4.64. The third-order valence-electron chi connectivity index (χ3n) is 5.60. The highest BCUT2D eigenvalue weighted by atomic mass is 32.1. The smallest absolute Gasteiger partial charge is 0.341 e. The second kappa shape index (κ2) is 10.1. The van der Waals surface area contributed by atoms with Crippen LogP contribution < -0.4 is 5.32 Å². The molecule has 1 aromatic heterocycles. The number of rotatable bonds is 6. The van der Waals surface area contributed by atoms with Gasteiger partial charge in [-0.15, -0.1) is 11.3 Å². The SMILES string of the molecule is COC(=O)c1c(NC(=O)CN2CCN(C(=O)Cc3ccc(C)cc3)CC2)sc(C)c1C. The Morgan fingerprint density at radius 2 is 1.68 bits per heavy atom. The van der Waals surface area contributed by atoms with Crippen LogP contribution in [0.4, 0.5) is 5.00 Å². The molecule has 2 heterocycles. The van der Waals surface area contributed by atoms with Crippen molar-refractivity contribution in [3.05, 3.63) is 51.4 Å². The molecule has 0 unspecified atom stereocenters. The lowest BCUT2D eigenvalue weighted by atomic mass is 10.1. The van der Waals surface area contributed by atoms with Gasteiger partial charge in [0.15, 0.2) is 0 Å². The molecular formula is C23H29N3O4S. The molecule has 1 fully saturated rings. The van der Waals surface area contributed by atoms with Crippen LogP contribution in [0.15, 0.2) is 24.3 Å². The van der Waals surface area contributed by atoms with Crippen molar-refractivity contribution in [1.29, 1.82) is 0 Å². The molecule has 7 nitrogen and oxygen atoms in total. The lowest BCUT2D eigenvalue weighted by molar-refractivity contribution is -0.132. The number of benzene rings is 1. The summed E-state index contributed by atoms with van der Waals surface area (Å²) in [5.74, 6) is -0.510. The van der Waals surface area contributed by atoms with Gasteiger partial charge in [-0.25, -0.2) is 4.79 Å². The Morgan fingerprint density at radius 1 is 1.03 bits per heavy atom. The average molecular weight is 444 g/mol. The maximum Gasteiger partial charge on any atom is 0.341 e. The first-order chi connectivity index (χ1) is 14.8. The predicted octanol–water partition coefficient (Wildman–Crippen LogP) is 2.79. The first-order valence-electron chi connectivity index (χ1n) is 10.3. The molecule has 0 spiro atoms. The minimum absolute atomic E-state index is 0.111. The molecule has 1 N–H and O–H groups in total. The summed E-state index contributed by atoms with van der Waals surface area (Å²) in [5.41, 5.74) is 3.44. The van der Waals surface area contributed by atoms with Crippen LogP contribution in [0.25, 0.3) is 0 Å². The second-order valence-electron chi connectivity index (χ2n) is 7.85. The predicted molar refractivity (Wildman–Crippen MR) is 122 cm³/mol. The van der Waals surface area contributed by atoms with Gasteiger partial charge in [0.05, 0.1) is 25.6 Å². The molecule has 2 aromatic rings. The van der Waals surface area contributed by atoms with E-state index in [1.54, 1.807) is 0 Å². The zero-order valence-corrected chi connectivity index (χ0v) is 19.3. The van der Waals surface area contributed by atoms with Gasteiger partial charge in [-0.2, -0.15) is 0 Å². The molecule has 1 aliphatic heterocycles. The molecule has 31 heavy (non-hydrogen) atoms. The Kier molecular flexibility index (Phi) is 7.46. The van der Waals surface area contributed by atoms with E-state index in [4.69, 9.17) is 4.74 Å². The van der Waals surface area contributed by atoms with E-state index in [0.717, 1.165) is 16.0 Å². The van der Waals surface area contributed by atoms with Crippen molar-refractivity contribution in [3.63, 3.8) is 0 Å². The summed E-state index contributed by atoms with van der Waals surface area (Å²) in [4.78, 5) is 42.1. The molecule has 1 aliphatic rings. The molecule has 1 aromatic carbocycles. The Bertz CT molecular complexity index is 960. The summed E-state index contributed by atoms with van der Waals surface area (Å²) in [6.45, 7) is 8.48. The number of carbonyl (C=O) groups is 3. The number of hydrogen-bond donors (Lipinski definition) is 1. The number of aryl methyl sites for hydroxylation is 2. The molecule has 0 saturated carbocycles. The largest absolute Gasteiger partial charge is 0.465 e. The van der Waals surface area contributed by atoms with Gasteiger partial charge in [-0.3, -0.25) is 14.5 Å². The van der Waals surface area contributed by atoms with Gasteiger partial charge in [0.25, 0.3) is 0 Å². The maximum atomic E-state index is 12.6. The van der Waals surface area contributed by atoms with Crippen molar-refractivity contribution in [2.45, 2.75) is 27.2 Å². The van der Waals surface area contributed by atoms with Crippen molar-refractivity contribution >= 4 is 34.1 Å². The standard InChI is InChI=1S/C23H29N3O4S/c1-15-5-7-18(8-6-15)13-20(28)26-11-9-25(10-12-26)14-19(27)24-22-21(23(29)30-4)16(2)17(3)31-22/h5-8H,9-14H2,1-4H3,(H,24,27). The molecule has 8 heteroatoms. The fourth-order valence-electron chi connectivity index (χ4n) is 3.58. The van der Waals surface area contributed by atoms with Gasteiger partial charge in [0, 0.05) is 31.1 Å². The van der Waals surface area contributed by atoms with Gasteiger partial charge < -0.3 is 15.0 Å². The summed E-state index contributed by atoms with van der Waals surface area (Å²) in [6, 6.07) is 8.01. The maximum absolute atomic E-state index is 12.6. The third kappa shape index (κ3) is 5.71. The molecule has 3 rings (SSSR count). The molecule has 1 saturated heterocycles. The van der Waals surface area contributed by atoms with E-state index in [-0.39, 0.29) is 18.4 Å². The molecule has 2 amide bonds. The topological polar surface area (TPSA) is 79.0 Å². The highest BCUT2D eigenvalue weighted by Gasteiger charge is 2.25. The number of methoxy groups -OCH3 is 1. The first kappa shape index (κ1) is 23.0. The van der Waals surface area contributed by atoms with Crippen LogP contribution in [0.3, 0.4) is 0 Å². The summed E-state index contributed by atoms with van der Waals surface area (Å²) in [5, 5.41) is 3.39. The number of carbonyl (C=O) groups excluding carboxylic acids is 3. The first-order valence-corrected chi connectivity index (χ1v) is 11.1. The van der Waals surface area contributed by atoms with Crippen molar-refractivity contribution in [1.82, 2.24) is 9.80 Å². The number of amides is 2. The lowest BCUT2D eigenvalue weighted by Crippen LogP contribution is -2.50. The van der Waals surface area contributed by atoms with Crippen LogP contribution in [0, 0.1) is 20.8 Å². The van der Waals surface area contributed by atoms with Crippen LogP contribution in [0.5, 0.6) is 0 Å². The van der Waals surface area contributed by atoms with E-state index in [1.165, 1.54) is 24.0 Å². The number of anilines is 1. The monoisotopic (exact) mass is 443 g/mol. The molecule has 0 radical (unpaired) electrons. The normalized spacial score (nSPS) is 14.4. The number of hydrogen-bond acceptors (Lipinski definition) is 6. The Morgan fingerprint density at radius 3 is 2.29 bits per heavy atom. The molecule has 0 bridgehead atoms. The summed E-state index contributed by atoms with van der Waals surface area (Å²) in [6.07, 6.45) is 0.397. The summed E-state index contributed by atoms with van der Waals surface area (Å²) in [7, 11) is 1.33. The van der Waals surface area contributed by atoms with Gasteiger partial charge in [0.2, 0.25) is 11.8 Å². The third-order valence-corrected chi connectivity index (χ3v) is 6.72. The van der Waals surface area contributed by atoms with Crippen molar-refractivity contribution < 1.29 is 19.1 Å². The van der Waals surface area contributed by atoms with Crippen LogP contribution in [0.2, 0.25) is 0 Å². The fraction of sp³-hybridized carbons (Fsp3) is 0.435. The quantitative estimate of drug-likeness (QED) is 0.695. The van der Waals surface area contributed by atoms with Gasteiger partial charge in [-0.1, -0.05) is 29.8 Å². The number of piperazine rings is 1. The minimum atomic E-state index is -0.446. The van der Waals surface area contributed by atoms with E-state index in [0.29, 0.717) is 43.2 Å². The molecular weight excluding hydrogens is 414 g/mol. The van der Waals surface area contributed by atoms with Crippen molar-refractivity contribution in [2.75, 3.05) is 45.2 Å². The Balaban J connectivity index is 1.50. The minimum Gasteiger partial charge on any atom is -0.465 e. The van der Waals surface area contributed by atoms with Crippen molar-refractivity contribution in [3.8, 4) is 0 Å². The van der Waals surface area contributed by atoms with E-state index in [1.807, 2.05) is 54.8 Å². The van der Waals surface area contributed by atoms with Gasteiger partial charge in [-0.05, 0) is 31.9 Å². The highest BCUT2D eigenvalue weighted by molar-refractivity contribution is 7.16. The summed E-state index contributed by atoms with van der Waals surface area (Å²) < 4.78 is 4.85. The lowest BCUT2D eigenvalue weighted by Gasteiger charge is -2.34. The summed E-state index contributed by atoms with van der Waals surface area (Å²) >= 11 is 1.38. The molecule has 166 valence electrons. The Labute approximate surface area is 187 Å². The van der Waals surface area contributed by atoms with E-state index in [2.05, 4.69) is 5.32 Å². The highest BCUT2D eigenvalue weighted by Crippen LogP contribution is 2.32. The van der Waals surface area contributed by atoms with Gasteiger partial charge in [0.1, 0.15) is 5.00 Å². The Hall–Kier alpha value is -2.71. The number of ether oxygens (including phenoxy) is 1. The van der Waals surface area contributed by atoms with E-state index < -0.39 is 5.97 Å². The van der Waals surface area contributed by atoms with Crippen LogP contribution in [-0.2, 0) is 20.7 Å².